The van der Waals surface area contributed by atoms with Crippen molar-refractivity contribution in [2.24, 2.45) is 5.73 Å². The second kappa shape index (κ2) is 4.66. The monoisotopic (exact) mass is 221 g/mol. The smallest absolute Gasteiger partial charge is 0.128 e. The van der Waals surface area contributed by atoms with E-state index in [9.17, 15) is 4.39 Å². The van der Waals surface area contributed by atoms with E-state index in [2.05, 4.69) is 0 Å². The lowest BCUT2D eigenvalue weighted by atomic mass is 9.95. The number of hydrogen-bond donors (Lipinski definition) is 1. The molecule has 0 saturated carbocycles. The molecule has 1 aromatic rings. The molecule has 0 bridgehead atoms. The molecule has 0 amide bonds. The van der Waals surface area contributed by atoms with Crippen LogP contribution in [0.5, 0.6) is 0 Å². The van der Waals surface area contributed by atoms with Crippen molar-refractivity contribution in [2.75, 3.05) is 6.61 Å². The lowest BCUT2D eigenvalue weighted by Gasteiger charge is -2.20. The maximum absolute atomic E-state index is 13.7. The van der Waals surface area contributed by atoms with E-state index in [1.807, 2.05) is 13.0 Å². The van der Waals surface area contributed by atoms with Crippen molar-refractivity contribution in [1.82, 2.24) is 0 Å². The van der Waals surface area contributed by atoms with E-state index in [-0.39, 0.29) is 11.9 Å². The molecule has 0 spiro atoms. The van der Waals surface area contributed by atoms with E-state index < -0.39 is 0 Å². The Morgan fingerprint density at radius 1 is 1.44 bits per heavy atom. The van der Waals surface area contributed by atoms with Gasteiger partial charge >= 0.3 is 0 Å². The summed E-state index contributed by atoms with van der Waals surface area (Å²) in [5, 5.41) is 0. The van der Waals surface area contributed by atoms with Crippen LogP contribution in [0, 0.1) is 12.7 Å². The molecule has 0 radical (unpaired) electrons. The Kier molecular flexibility index (Phi) is 3.25. The van der Waals surface area contributed by atoms with E-state index >= 15 is 0 Å². The molecule has 0 fully saturated rings. The van der Waals surface area contributed by atoms with Crippen molar-refractivity contribution in [2.45, 2.75) is 25.8 Å². The first-order chi connectivity index (χ1) is 7.68. The number of halogens is 1. The molecular weight excluding hydrogens is 205 g/mol. The molecule has 1 aliphatic rings. The largest absolute Gasteiger partial charge is 0.501 e. The molecule has 2 N–H and O–H groups in total. The summed E-state index contributed by atoms with van der Waals surface area (Å²) in [4.78, 5) is 0. The van der Waals surface area contributed by atoms with Gasteiger partial charge in [-0.2, -0.15) is 0 Å². The molecule has 86 valence electrons. The molecule has 1 atom stereocenters. The van der Waals surface area contributed by atoms with Gasteiger partial charge in [-0.05, 0) is 37.0 Å². The topological polar surface area (TPSA) is 35.2 Å². The predicted octanol–water partition coefficient (Wildman–Crippen LogP) is 2.83. The average Bonchev–Trinajstić information content (AvgIpc) is 2.29. The van der Waals surface area contributed by atoms with Crippen LogP contribution in [0.15, 0.2) is 30.0 Å². The Bertz CT molecular complexity index is 414. The van der Waals surface area contributed by atoms with E-state index in [4.69, 9.17) is 10.5 Å². The summed E-state index contributed by atoms with van der Waals surface area (Å²) in [6.07, 6.45) is 3.51. The third-order valence-electron chi connectivity index (χ3n) is 2.85. The van der Waals surface area contributed by atoms with Gasteiger partial charge in [0, 0.05) is 5.56 Å². The van der Waals surface area contributed by atoms with Gasteiger partial charge in [0.2, 0.25) is 0 Å². The number of hydrogen-bond acceptors (Lipinski definition) is 2. The van der Waals surface area contributed by atoms with Gasteiger partial charge in [-0.25, -0.2) is 4.39 Å². The molecule has 16 heavy (non-hydrogen) atoms. The summed E-state index contributed by atoms with van der Waals surface area (Å²) < 4.78 is 18.9. The molecular formula is C13H16FNO. The van der Waals surface area contributed by atoms with Gasteiger partial charge in [0.15, 0.2) is 0 Å². The van der Waals surface area contributed by atoms with Crippen LogP contribution in [-0.4, -0.2) is 6.61 Å². The summed E-state index contributed by atoms with van der Waals surface area (Å²) in [6, 6.07) is 4.76. The minimum atomic E-state index is -0.388. The molecule has 1 aromatic carbocycles. The molecule has 0 saturated heterocycles. The molecule has 1 aliphatic heterocycles. The maximum Gasteiger partial charge on any atom is 0.128 e. The zero-order chi connectivity index (χ0) is 11.5. The minimum absolute atomic E-state index is 0.237. The van der Waals surface area contributed by atoms with Gasteiger partial charge < -0.3 is 10.5 Å². The van der Waals surface area contributed by atoms with E-state index in [0.29, 0.717) is 5.56 Å². The lowest BCUT2D eigenvalue weighted by molar-refractivity contribution is 0.221. The molecule has 0 aliphatic carbocycles. The van der Waals surface area contributed by atoms with Crippen molar-refractivity contribution < 1.29 is 9.13 Å². The van der Waals surface area contributed by atoms with Crippen molar-refractivity contribution in [3.8, 4) is 0 Å². The van der Waals surface area contributed by atoms with Gasteiger partial charge in [-0.3, -0.25) is 0 Å². The predicted molar refractivity (Wildman–Crippen MR) is 61.3 cm³/mol. The van der Waals surface area contributed by atoms with Gasteiger partial charge in [0.1, 0.15) is 5.82 Å². The Morgan fingerprint density at radius 2 is 2.25 bits per heavy atom. The van der Waals surface area contributed by atoms with Gasteiger partial charge in [-0.1, -0.05) is 12.1 Å². The highest BCUT2D eigenvalue weighted by Gasteiger charge is 2.18. The van der Waals surface area contributed by atoms with Crippen LogP contribution >= 0.6 is 0 Å². The Labute approximate surface area is 94.9 Å². The second-order valence-electron chi connectivity index (χ2n) is 4.17. The maximum atomic E-state index is 13.7. The van der Waals surface area contributed by atoms with Crippen LogP contribution in [0.3, 0.4) is 0 Å². The third kappa shape index (κ3) is 2.25. The quantitative estimate of drug-likeness (QED) is 0.833. The van der Waals surface area contributed by atoms with Gasteiger partial charge in [-0.15, -0.1) is 0 Å². The molecule has 1 unspecified atom stereocenters. The SMILES string of the molecule is Cc1ccc(C(N)C2=COCCC2)c(F)c1. The zero-order valence-electron chi connectivity index (χ0n) is 9.37. The Hall–Kier alpha value is -1.35. The average molecular weight is 221 g/mol. The molecule has 1 heterocycles. The van der Waals surface area contributed by atoms with Crippen LogP contribution in [0.25, 0.3) is 0 Å². The third-order valence-corrected chi connectivity index (χ3v) is 2.85. The van der Waals surface area contributed by atoms with E-state index in [1.54, 1.807) is 12.3 Å². The first-order valence-electron chi connectivity index (χ1n) is 5.50. The number of ether oxygens (including phenoxy) is 1. The molecule has 3 heteroatoms. The highest BCUT2D eigenvalue weighted by Crippen LogP contribution is 2.27. The first kappa shape index (κ1) is 11.1. The number of aryl methyl sites for hydroxylation is 1. The van der Waals surface area contributed by atoms with Crippen LogP contribution in [0.1, 0.15) is 30.0 Å². The first-order valence-corrected chi connectivity index (χ1v) is 5.50. The summed E-state index contributed by atoms with van der Waals surface area (Å²) in [5.41, 5.74) is 8.45. The fourth-order valence-corrected chi connectivity index (χ4v) is 1.90. The van der Waals surface area contributed by atoms with Gasteiger partial charge in [0.05, 0.1) is 18.9 Å². The summed E-state index contributed by atoms with van der Waals surface area (Å²) >= 11 is 0. The number of benzene rings is 1. The summed E-state index contributed by atoms with van der Waals surface area (Å²) in [7, 11) is 0. The minimum Gasteiger partial charge on any atom is -0.501 e. The van der Waals surface area contributed by atoms with Crippen molar-refractivity contribution >= 4 is 0 Å². The van der Waals surface area contributed by atoms with Crippen molar-refractivity contribution in [1.29, 1.82) is 0 Å². The van der Waals surface area contributed by atoms with Crippen LogP contribution in [0.4, 0.5) is 4.39 Å². The second-order valence-corrected chi connectivity index (χ2v) is 4.17. The Morgan fingerprint density at radius 3 is 2.88 bits per heavy atom. The van der Waals surface area contributed by atoms with E-state index in [1.165, 1.54) is 6.07 Å². The zero-order valence-corrected chi connectivity index (χ0v) is 9.37. The normalized spacial score (nSPS) is 17.6. The highest BCUT2D eigenvalue weighted by molar-refractivity contribution is 5.31. The Balaban J connectivity index is 2.26. The number of rotatable bonds is 2. The standard InChI is InChI=1S/C13H16FNO/c1-9-4-5-11(12(14)7-9)13(15)10-3-2-6-16-8-10/h4-5,7-8,13H,2-3,6,15H2,1H3. The van der Waals surface area contributed by atoms with Crippen LogP contribution in [-0.2, 0) is 4.74 Å². The summed E-state index contributed by atoms with van der Waals surface area (Å²) in [5.74, 6) is -0.237. The van der Waals surface area contributed by atoms with Crippen molar-refractivity contribution in [3.05, 3.63) is 47.0 Å². The highest BCUT2D eigenvalue weighted by atomic mass is 19.1. The van der Waals surface area contributed by atoms with E-state index in [0.717, 1.165) is 30.6 Å². The van der Waals surface area contributed by atoms with Crippen molar-refractivity contribution in [3.63, 3.8) is 0 Å². The molecule has 0 aromatic heterocycles. The fourth-order valence-electron chi connectivity index (χ4n) is 1.90. The molecule has 2 rings (SSSR count). The molecule has 2 nitrogen and oxygen atoms in total. The fraction of sp³-hybridized carbons (Fsp3) is 0.385. The lowest BCUT2D eigenvalue weighted by Crippen LogP contribution is -2.17. The number of nitrogens with two attached hydrogens (primary N) is 1. The van der Waals surface area contributed by atoms with Crippen LogP contribution < -0.4 is 5.73 Å². The van der Waals surface area contributed by atoms with Crippen LogP contribution in [0.2, 0.25) is 0 Å². The summed E-state index contributed by atoms with van der Waals surface area (Å²) in [6.45, 7) is 2.59. The van der Waals surface area contributed by atoms with Gasteiger partial charge in [0.25, 0.3) is 0 Å².